The van der Waals surface area contributed by atoms with Crippen LogP contribution >= 0.6 is 0 Å². The highest BCUT2D eigenvalue weighted by molar-refractivity contribution is 5.90. The molecule has 1 fully saturated rings. The second-order valence-electron chi connectivity index (χ2n) is 6.51. The average Bonchev–Trinajstić information content (AvgIpc) is 3.22. The monoisotopic (exact) mass is 364 g/mol. The molecule has 1 aliphatic heterocycles. The number of nitrogens with zero attached hydrogens (tertiary/aromatic N) is 3. The number of pyridine rings is 1. The number of hydrogen-bond acceptors (Lipinski definition) is 5. The Labute approximate surface area is 156 Å². The first-order chi connectivity index (χ1) is 13.1. The van der Waals surface area contributed by atoms with Crippen LogP contribution < -0.4 is 10.2 Å². The van der Waals surface area contributed by atoms with Crippen molar-refractivity contribution in [2.24, 2.45) is 0 Å². The number of carbonyl (C=O) groups excluding carboxylic acids is 2. The maximum absolute atomic E-state index is 12.0. The van der Waals surface area contributed by atoms with Gasteiger partial charge in [0.1, 0.15) is 12.3 Å². The van der Waals surface area contributed by atoms with Crippen LogP contribution in [0.2, 0.25) is 0 Å². The molecule has 1 aromatic carbocycles. The van der Waals surface area contributed by atoms with E-state index >= 15 is 0 Å². The number of anilines is 2. The minimum absolute atomic E-state index is 0.316. The van der Waals surface area contributed by atoms with E-state index in [4.69, 9.17) is 4.74 Å². The van der Waals surface area contributed by atoms with Gasteiger partial charge in [-0.25, -0.2) is 9.78 Å². The number of benzene rings is 1. The summed E-state index contributed by atoms with van der Waals surface area (Å²) in [4.78, 5) is 29.5. The minimum atomic E-state index is -0.316. The summed E-state index contributed by atoms with van der Waals surface area (Å²) in [5, 5.41) is 3.41. The van der Waals surface area contributed by atoms with Gasteiger partial charge in [0, 0.05) is 12.7 Å². The van der Waals surface area contributed by atoms with Crippen molar-refractivity contribution >= 4 is 29.4 Å². The van der Waals surface area contributed by atoms with Crippen molar-refractivity contribution in [3.8, 4) is 0 Å². The van der Waals surface area contributed by atoms with Crippen LogP contribution in [-0.2, 0) is 11.3 Å². The molecule has 7 heteroatoms. The summed E-state index contributed by atoms with van der Waals surface area (Å²) in [5.41, 5.74) is 5.72. The first-order valence-electron chi connectivity index (χ1n) is 8.79. The number of aromatic nitrogens is 2. The molecule has 3 aromatic rings. The highest BCUT2D eigenvalue weighted by Crippen LogP contribution is 2.28. The Kier molecular flexibility index (Phi) is 4.27. The number of aryl methyl sites for hydroxylation is 2. The molecule has 1 aliphatic rings. The summed E-state index contributed by atoms with van der Waals surface area (Å²) in [5.74, 6) is 0. The summed E-state index contributed by atoms with van der Waals surface area (Å²) in [6.45, 7) is 5.31. The molecule has 1 N–H and O–H groups in total. The van der Waals surface area contributed by atoms with E-state index in [1.54, 1.807) is 9.30 Å². The van der Waals surface area contributed by atoms with Gasteiger partial charge in [0.15, 0.2) is 11.9 Å². The lowest BCUT2D eigenvalue weighted by atomic mass is 10.1. The lowest BCUT2D eigenvalue weighted by Crippen LogP contribution is -2.25. The second kappa shape index (κ2) is 6.75. The van der Waals surface area contributed by atoms with Crippen LogP contribution in [0.3, 0.4) is 0 Å². The second-order valence-corrected chi connectivity index (χ2v) is 6.51. The molecule has 0 atom stereocenters. The third-order valence-corrected chi connectivity index (χ3v) is 4.88. The van der Waals surface area contributed by atoms with Crippen LogP contribution in [0.1, 0.15) is 27.3 Å². The van der Waals surface area contributed by atoms with Crippen molar-refractivity contribution in [1.29, 1.82) is 0 Å². The fourth-order valence-corrected chi connectivity index (χ4v) is 3.44. The van der Waals surface area contributed by atoms with Crippen LogP contribution in [0.5, 0.6) is 0 Å². The Hall–Kier alpha value is -3.35. The molecule has 0 saturated carbocycles. The predicted octanol–water partition coefficient (Wildman–Crippen LogP) is 3.33. The zero-order valence-corrected chi connectivity index (χ0v) is 15.2. The van der Waals surface area contributed by atoms with Crippen molar-refractivity contribution in [2.75, 3.05) is 23.4 Å². The number of hydrogen-bond donors (Lipinski definition) is 1. The molecule has 1 amide bonds. The lowest BCUT2D eigenvalue weighted by molar-refractivity contribution is 0.111. The standard InChI is InChI=1S/C20H20N4O3/c1-13-5-3-7-17(24-9-10-27-20(24)26)15(13)11-21-16-6-4-8-23-18(12-25)14(2)22-19(16)23/h3-8,12,21H,9-11H2,1-2H3. The fourth-order valence-electron chi connectivity index (χ4n) is 3.44. The van der Waals surface area contributed by atoms with Crippen LogP contribution in [0, 0.1) is 13.8 Å². The molecular weight excluding hydrogens is 344 g/mol. The smallest absolute Gasteiger partial charge is 0.414 e. The number of amides is 1. The van der Waals surface area contributed by atoms with E-state index in [2.05, 4.69) is 10.3 Å². The minimum Gasteiger partial charge on any atom is -0.447 e. The van der Waals surface area contributed by atoms with Gasteiger partial charge < -0.3 is 10.1 Å². The van der Waals surface area contributed by atoms with E-state index in [0.717, 1.165) is 28.8 Å². The number of carbonyl (C=O) groups is 2. The molecule has 4 rings (SSSR count). The Balaban J connectivity index is 1.68. The molecule has 2 aromatic heterocycles. The Morgan fingerprint density at radius 1 is 1.26 bits per heavy atom. The maximum Gasteiger partial charge on any atom is 0.414 e. The first kappa shape index (κ1) is 17.1. The first-order valence-corrected chi connectivity index (χ1v) is 8.79. The summed E-state index contributed by atoms with van der Waals surface area (Å²) >= 11 is 0. The summed E-state index contributed by atoms with van der Waals surface area (Å²) in [6, 6.07) is 9.70. The number of imidazole rings is 1. The Morgan fingerprint density at radius 3 is 2.85 bits per heavy atom. The van der Waals surface area contributed by atoms with Gasteiger partial charge in [0.05, 0.1) is 23.6 Å². The van der Waals surface area contributed by atoms with Gasteiger partial charge in [-0.2, -0.15) is 0 Å². The largest absolute Gasteiger partial charge is 0.447 e. The van der Waals surface area contributed by atoms with Crippen LogP contribution in [0.25, 0.3) is 5.65 Å². The zero-order chi connectivity index (χ0) is 19.0. The molecule has 3 heterocycles. The van der Waals surface area contributed by atoms with Crippen molar-refractivity contribution < 1.29 is 14.3 Å². The van der Waals surface area contributed by atoms with Gasteiger partial charge >= 0.3 is 6.09 Å². The van der Waals surface area contributed by atoms with E-state index in [1.165, 1.54) is 0 Å². The van der Waals surface area contributed by atoms with Gasteiger partial charge in [-0.1, -0.05) is 12.1 Å². The molecule has 0 spiro atoms. The molecule has 0 radical (unpaired) electrons. The summed E-state index contributed by atoms with van der Waals surface area (Å²) in [6.07, 6.45) is 2.32. The molecule has 138 valence electrons. The Bertz CT molecular complexity index is 1040. The molecule has 0 aliphatic carbocycles. The van der Waals surface area contributed by atoms with Gasteiger partial charge in [0.25, 0.3) is 0 Å². The molecule has 7 nitrogen and oxygen atoms in total. The van der Waals surface area contributed by atoms with Crippen molar-refractivity contribution in [2.45, 2.75) is 20.4 Å². The van der Waals surface area contributed by atoms with E-state index < -0.39 is 0 Å². The molecule has 1 saturated heterocycles. The van der Waals surface area contributed by atoms with Crippen molar-refractivity contribution in [3.63, 3.8) is 0 Å². The lowest BCUT2D eigenvalue weighted by Gasteiger charge is -2.20. The Morgan fingerprint density at radius 2 is 2.11 bits per heavy atom. The van der Waals surface area contributed by atoms with Crippen LogP contribution in [0.4, 0.5) is 16.2 Å². The van der Waals surface area contributed by atoms with E-state index in [1.807, 2.05) is 50.4 Å². The van der Waals surface area contributed by atoms with Crippen LogP contribution in [0.15, 0.2) is 36.5 Å². The normalized spacial score (nSPS) is 13.9. The number of cyclic esters (lactones) is 1. The highest BCUT2D eigenvalue weighted by atomic mass is 16.6. The highest BCUT2D eigenvalue weighted by Gasteiger charge is 2.26. The molecular formula is C20H20N4O3. The summed E-state index contributed by atoms with van der Waals surface area (Å²) in [7, 11) is 0. The fraction of sp³-hybridized carbons (Fsp3) is 0.250. The zero-order valence-electron chi connectivity index (χ0n) is 15.2. The quantitative estimate of drug-likeness (QED) is 0.703. The van der Waals surface area contributed by atoms with Gasteiger partial charge in [-0.3, -0.25) is 14.1 Å². The van der Waals surface area contributed by atoms with Gasteiger partial charge in [0.2, 0.25) is 0 Å². The number of aldehydes is 1. The SMILES string of the molecule is Cc1cccc(N2CCOC2=O)c1CNc1cccn2c(C=O)c(C)nc12. The molecule has 0 bridgehead atoms. The number of fused-ring (bicyclic) bond motifs is 1. The third kappa shape index (κ3) is 2.91. The van der Waals surface area contributed by atoms with E-state index in [0.29, 0.717) is 36.7 Å². The third-order valence-electron chi connectivity index (χ3n) is 4.88. The number of rotatable bonds is 5. The van der Waals surface area contributed by atoms with Crippen molar-refractivity contribution in [3.05, 3.63) is 59.0 Å². The van der Waals surface area contributed by atoms with Crippen LogP contribution in [-0.4, -0.2) is 34.9 Å². The number of nitrogens with one attached hydrogen (secondary N) is 1. The van der Waals surface area contributed by atoms with Crippen molar-refractivity contribution in [1.82, 2.24) is 9.38 Å². The van der Waals surface area contributed by atoms with E-state index in [9.17, 15) is 9.59 Å². The maximum atomic E-state index is 12.0. The molecule has 27 heavy (non-hydrogen) atoms. The topological polar surface area (TPSA) is 75.9 Å². The van der Waals surface area contributed by atoms with Gasteiger partial charge in [-0.05, 0) is 43.2 Å². The van der Waals surface area contributed by atoms with E-state index in [-0.39, 0.29) is 6.09 Å². The summed E-state index contributed by atoms with van der Waals surface area (Å²) < 4.78 is 6.86. The molecule has 0 unspecified atom stereocenters. The average molecular weight is 364 g/mol. The number of ether oxygens (including phenoxy) is 1. The predicted molar refractivity (Wildman–Crippen MR) is 103 cm³/mol. The van der Waals surface area contributed by atoms with Gasteiger partial charge in [-0.15, -0.1) is 0 Å².